The van der Waals surface area contributed by atoms with E-state index in [2.05, 4.69) is 25.9 Å². The number of carbonyl (C=O) groups excluding carboxylic acids is 1. The minimum Gasteiger partial charge on any atom is -0.489 e. The van der Waals surface area contributed by atoms with Gasteiger partial charge in [0.2, 0.25) is 5.95 Å². The first-order valence-corrected chi connectivity index (χ1v) is 11.9. The molecule has 9 heteroatoms. The normalized spacial score (nSPS) is 31.7. The lowest BCUT2D eigenvalue weighted by Crippen LogP contribution is -2.55. The van der Waals surface area contributed by atoms with Gasteiger partial charge in [0.15, 0.2) is 0 Å². The van der Waals surface area contributed by atoms with E-state index in [0.29, 0.717) is 29.6 Å². The number of benzene rings is 1. The molecule has 2 heterocycles. The third-order valence-corrected chi connectivity index (χ3v) is 7.67. The number of ether oxygens (including phenoxy) is 1. The molecule has 5 aliphatic rings. The molecule has 1 atom stereocenters. The molecule has 9 nitrogen and oxygen atoms in total. The van der Waals surface area contributed by atoms with E-state index in [0.717, 1.165) is 48.4 Å². The smallest absolute Gasteiger partial charge is 0.254 e. The quantitative estimate of drug-likeness (QED) is 0.469. The van der Waals surface area contributed by atoms with Crippen LogP contribution in [0.2, 0.25) is 0 Å². The molecular formula is C24H30N6O3. The Kier molecular flexibility index (Phi) is 4.83. The molecule has 0 saturated heterocycles. The number of rotatable bonds is 5. The lowest BCUT2D eigenvalue weighted by molar-refractivity contribution is 0.0105. The van der Waals surface area contributed by atoms with Crippen LogP contribution in [0.1, 0.15) is 48.9 Å². The zero-order valence-electron chi connectivity index (χ0n) is 18.5. The van der Waals surface area contributed by atoms with E-state index in [9.17, 15) is 9.90 Å². The van der Waals surface area contributed by atoms with Gasteiger partial charge in [0.1, 0.15) is 24.3 Å². The fourth-order valence-corrected chi connectivity index (χ4v) is 6.71. The molecule has 4 bridgehead atoms. The summed E-state index contributed by atoms with van der Waals surface area (Å²) in [6.45, 7) is 0.670. The molecule has 0 spiro atoms. The molecule has 1 aromatic heterocycles. The topological polar surface area (TPSA) is 134 Å². The Morgan fingerprint density at radius 1 is 1.18 bits per heavy atom. The second-order valence-corrected chi connectivity index (χ2v) is 10.3. The van der Waals surface area contributed by atoms with Gasteiger partial charge in [0.25, 0.3) is 5.91 Å². The second-order valence-electron chi connectivity index (χ2n) is 10.3. The molecule has 33 heavy (non-hydrogen) atoms. The number of aliphatic hydroxyl groups excluding tert-OH is 1. The van der Waals surface area contributed by atoms with Crippen molar-refractivity contribution in [3.63, 3.8) is 0 Å². The fraction of sp³-hybridized carbons (Fsp3) is 0.542. The molecule has 6 N–H and O–H groups in total. The number of nitrogens with zero attached hydrogens (tertiary/aromatic N) is 2. The maximum absolute atomic E-state index is 12.1. The molecule has 4 fully saturated rings. The van der Waals surface area contributed by atoms with Gasteiger partial charge in [0.05, 0.1) is 11.3 Å². The zero-order chi connectivity index (χ0) is 22.6. The first kappa shape index (κ1) is 20.5. The van der Waals surface area contributed by atoms with Crippen LogP contribution in [0.5, 0.6) is 5.75 Å². The lowest BCUT2D eigenvalue weighted by Gasteiger charge is -2.57. The summed E-state index contributed by atoms with van der Waals surface area (Å²) in [6.07, 6.45) is 8.36. The molecule has 1 amide bonds. The monoisotopic (exact) mass is 450 g/mol. The number of hydrogen-bond acceptors (Lipinski definition) is 8. The van der Waals surface area contributed by atoms with Gasteiger partial charge in [-0.15, -0.1) is 0 Å². The van der Waals surface area contributed by atoms with Gasteiger partial charge in [-0.2, -0.15) is 4.98 Å². The summed E-state index contributed by atoms with van der Waals surface area (Å²) in [6, 6.07) is 5.61. The Hall–Kier alpha value is -3.07. The number of primary amides is 1. The van der Waals surface area contributed by atoms with Crippen molar-refractivity contribution in [2.75, 3.05) is 29.1 Å². The van der Waals surface area contributed by atoms with Crippen molar-refractivity contribution in [3.8, 4) is 5.75 Å². The summed E-state index contributed by atoms with van der Waals surface area (Å²) in [5, 5.41) is 19.9. The van der Waals surface area contributed by atoms with Crippen molar-refractivity contribution in [1.82, 2.24) is 9.97 Å². The predicted molar refractivity (Wildman–Crippen MR) is 125 cm³/mol. The van der Waals surface area contributed by atoms with Gasteiger partial charge in [-0.3, -0.25) is 4.79 Å². The van der Waals surface area contributed by atoms with Gasteiger partial charge in [-0.05, 0) is 74.5 Å². The number of nitrogens with two attached hydrogens (primary N) is 1. The average Bonchev–Trinajstić information content (AvgIpc) is 2.94. The standard InChI is InChI=1S/C24H30N6O3/c25-21(32)18-11-27-23(28-16-1-2-20-19(6-16)26-10-17(31)12-33-20)29-22(18)30-24-7-13-3-14(8-24)5-15(4-13)9-24/h1-2,6,11,13-15,17,26,31H,3-5,7-10,12H2,(H2,25,32)(H2,27,28,29,30). The van der Waals surface area contributed by atoms with Crippen molar-refractivity contribution >= 4 is 29.0 Å². The van der Waals surface area contributed by atoms with E-state index < -0.39 is 12.0 Å². The van der Waals surface area contributed by atoms with Crippen LogP contribution in [0, 0.1) is 17.8 Å². The van der Waals surface area contributed by atoms with Gasteiger partial charge >= 0.3 is 0 Å². The van der Waals surface area contributed by atoms with Crippen LogP contribution in [0.3, 0.4) is 0 Å². The van der Waals surface area contributed by atoms with Crippen LogP contribution in [0.15, 0.2) is 24.4 Å². The van der Waals surface area contributed by atoms with Crippen molar-refractivity contribution in [3.05, 3.63) is 30.0 Å². The number of carbonyl (C=O) groups is 1. The number of nitrogens with one attached hydrogen (secondary N) is 3. The van der Waals surface area contributed by atoms with E-state index in [4.69, 9.17) is 10.5 Å². The number of β-amino-alcohol motifs (C(OH)–C–C–N with tert-alkyl or cyclic N) is 1. The van der Waals surface area contributed by atoms with Crippen LogP contribution in [0.4, 0.5) is 23.1 Å². The van der Waals surface area contributed by atoms with E-state index in [1.807, 2.05) is 18.2 Å². The Bertz CT molecular complexity index is 1050. The highest BCUT2D eigenvalue weighted by Crippen LogP contribution is 2.56. The van der Waals surface area contributed by atoms with Crippen LogP contribution < -0.4 is 26.4 Å². The molecule has 4 aliphatic carbocycles. The second kappa shape index (κ2) is 7.76. The number of anilines is 4. The summed E-state index contributed by atoms with van der Waals surface area (Å²) < 4.78 is 5.63. The van der Waals surface area contributed by atoms with Crippen molar-refractivity contribution in [2.24, 2.45) is 23.5 Å². The number of aliphatic hydroxyl groups is 1. The van der Waals surface area contributed by atoms with Crippen molar-refractivity contribution in [1.29, 1.82) is 0 Å². The zero-order valence-corrected chi connectivity index (χ0v) is 18.5. The molecular weight excluding hydrogens is 420 g/mol. The highest BCUT2D eigenvalue weighted by molar-refractivity contribution is 5.97. The molecule has 0 radical (unpaired) electrons. The maximum Gasteiger partial charge on any atom is 0.254 e. The molecule has 4 saturated carbocycles. The largest absolute Gasteiger partial charge is 0.489 e. The Morgan fingerprint density at radius 3 is 2.61 bits per heavy atom. The van der Waals surface area contributed by atoms with E-state index in [-0.39, 0.29) is 12.1 Å². The minimum atomic E-state index is -0.559. The van der Waals surface area contributed by atoms with E-state index >= 15 is 0 Å². The van der Waals surface area contributed by atoms with Crippen LogP contribution in [-0.4, -0.2) is 45.8 Å². The predicted octanol–water partition coefficient (Wildman–Crippen LogP) is 2.87. The van der Waals surface area contributed by atoms with Crippen LogP contribution >= 0.6 is 0 Å². The van der Waals surface area contributed by atoms with E-state index in [1.54, 1.807) is 0 Å². The Labute approximate surface area is 192 Å². The number of amides is 1. The SMILES string of the molecule is NC(=O)c1cnc(Nc2ccc3c(c2)NCC(O)CO3)nc1NC12CC3CC(CC(C3)C1)C2. The Balaban J connectivity index is 1.26. The van der Waals surface area contributed by atoms with Gasteiger partial charge in [-0.1, -0.05) is 0 Å². The summed E-state index contributed by atoms with van der Waals surface area (Å²) in [5.74, 6) is 3.38. The molecule has 1 aliphatic heterocycles. The van der Waals surface area contributed by atoms with Gasteiger partial charge < -0.3 is 31.5 Å². The molecule has 7 rings (SSSR count). The number of aromatic nitrogens is 2. The molecule has 174 valence electrons. The van der Waals surface area contributed by atoms with Crippen LogP contribution in [-0.2, 0) is 0 Å². The molecule has 2 aromatic rings. The summed E-state index contributed by atoms with van der Waals surface area (Å²) in [7, 11) is 0. The van der Waals surface area contributed by atoms with Gasteiger partial charge in [0, 0.05) is 24.0 Å². The number of fused-ring (bicyclic) bond motifs is 1. The summed E-state index contributed by atoms with van der Waals surface area (Å²) in [5.41, 5.74) is 7.54. The third-order valence-electron chi connectivity index (χ3n) is 7.67. The molecule has 1 aromatic carbocycles. The van der Waals surface area contributed by atoms with Crippen molar-refractivity contribution < 1.29 is 14.6 Å². The summed E-state index contributed by atoms with van der Waals surface area (Å²) >= 11 is 0. The first-order valence-electron chi connectivity index (χ1n) is 11.9. The van der Waals surface area contributed by atoms with E-state index in [1.165, 1.54) is 25.5 Å². The fourth-order valence-electron chi connectivity index (χ4n) is 6.71. The van der Waals surface area contributed by atoms with Crippen molar-refractivity contribution in [2.45, 2.75) is 50.2 Å². The average molecular weight is 451 g/mol. The lowest BCUT2D eigenvalue weighted by atomic mass is 9.53. The maximum atomic E-state index is 12.1. The highest BCUT2D eigenvalue weighted by atomic mass is 16.5. The molecule has 1 unspecified atom stereocenters. The van der Waals surface area contributed by atoms with Crippen LogP contribution in [0.25, 0.3) is 0 Å². The number of hydrogen-bond donors (Lipinski definition) is 5. The third kappa shape index (κ3) is 3.94. The highest BCUT2D eigenvalue weighted by Gasteiger charge is 2.51. The van der Waals surface area contributed by atoms with Gasteiger partial charge in [-0.25, -0.2) is 4.98 Å². The summed E-state index contributed by atoms with van der Waals surface area (Å²) in [4.78, 5) is 21.2. The Morgan fingerprint density at radius 2 is 1.91 bits per heavy atom. The first-order chi connectivity index (χ1) is 15.9. The minimum absolute atomic E-state index is 0.00324.